The van der Waals surface area contributed by atoms with Gasteiger partial charge in [0, 0.05) is 0 Å². The van der Waals surface area contributed by atoms with E-state index < -0.39 is 0 Å². The van der Waals surface area contributed by atoms with Crippen molar-refractivity contribution in [2.75, 3.05) is 6.61 Å². The van der Waals surface area contributed by atoms with Crippen LogP contribution in [0.5, 0.6) is 5.75 Å². The largest absolute Gasteiger partial charge is 0.493 e. The van der Waals surface area contributed by atoms with Crippen molar-refractivity contribution in [1.82, 2.24) is 0 Å². The van der Waals surface area contributed by atoms with Crippen molar-refractivity contribution in [2.24, 2.45) is 0 Å². The predicted molar refractivity (Wildman–Crippen MR) is 131 cm³/mol. The normalized spacial score (nSPS) is 12.1. The molecule has 1 nitrogen and oxygen atoms in total. The number of rotatable bonds is 14. The lowest BCUT2D eigenvalue weighted by atomic mass is 9.90. The van der Waals surface area contributed by atoms with Crippen molar-refractivity contribution in [3.05, 3.63) is 52.6 Å². The SMILES string of the molecule is CCCCCCCCCCOc1cc2c(c(CCC)c1CCC)Cc1ccccc1-2. The van der Waals surface area contributed by atoms with Crippen LogP contribution in [0.2, 0.25) is 0 Å². The standard InChI is InChI=1S/C29H42O/c1-4-7-8-9-10-11-12-15-20-30-29-22-28-24-19-14-13-18-23(24)21-27(28)25(16-5-2)26(29)17-6-3/h13-14,18-19,22H,4-12,15-17,20-21H2,1-3H3. The van der Waals surface area contributed by atoms with Crippen LogP contribution in [0.15, 0.2) is 30.3 Å². The molecule has 0 N–H and O–H groups in total. The predicted octanol–water partition coefficient (Wildman–Crippen LogP) is 8.68. The Morgan fingerprint density at radius 2 is 1.37 bits per heavy atom. The summed E-state index contributed by atoms with van der Waals surface area (Å²) in [6.45, 7) is 7.74. The minimum absolute atomic E-state index is 0.859. The van der Waals surface area contributed by atoms with Gasteiger partial charge >= 0.3 is 0 Å². The quantitative estimate of drug-likeness (QED) is 0.243. The second-order valence-electron chi connectivity index (χ2n) is 9.02. The lowest BCUT2D eigenvalue weighted by Gasteiger charge is -2.20. The van der Waals surface area contributed by atoms with Crippen molar-refractivity contribution in [2.45, 2.75) is 104 Å². The minimum Gasteiger partial charge on any atom is -0.493 e. The van der Waals surface area contributed by atoms with Crippen LogP contribution < -0.4 is 4.74 Å². The maximum atomic E-state index is 6.46. The Hall–Kier alpha value is -1.76. The molecule has 0 aliphatic heterocycles. The summed E-state index contributed by atoms with van der Waals surface area (Å²) >= 11 is 0. The van der Waals surface area contributed by atoms with Crippen LogP contribution in [0.4, 0.5) is 0 Å². The summed E-state index contributed by atoms with van der Waals surface area (Å²) in [4.78, 5) is 0. The summed E-state index contributed by atoms with van der Waals surface area (Å²) in [5, 5.41) is 0. The van der Waals surface area contributed by atoms with Crippen LogP contribution >= 0.6 is 0 Å². The summed E-state index contributed by atoms with van der Waals surface area (Å²) in [6, 6.07) is 11.3. The van der Waals surface area contributed by atoms with Crippen molar-refractivity contribution in [3.63, 3.8) is 0 Å². The third-order valence-corrected chi connectivity index (χ3v) is 6.56. The average Bonchev–Trinajstić information content (AvgIpc) is 3.13. The number of unbranched alkanes of at least 4 members (excludes halogenated alkanes) is 7. The Labute approximate surface area is 185 Å². The lowest BCUT2D eigenvalue weighted by Crippen LogP contribution is -2.06. The zero-order chi connectivity index (χ0) is 21.2. The molecule has 164 valence electrons. The summed E-state index contributed by atoms with van der Waals surface area (Å²) in [7, 11) is 0. The van der Waals surface area contributed by atoms with Gasteiger partial charge in [0.25, 0.3) is 0 Å². The first-order chi connectivity index (χ1) is 14.8. The molecule has 30 heavy (non-hydrogen) atoms. The molecule has 0 fully saturated rings. The summed E-state index contributed by atoms with van der Waals surface area (Å²) in [5.41, 5.74) is 8.97. The summed E-state index contributed by atoms with van der Waals surface area (Å²) < 4.78 is 6.46. The van der Waals surface area contributed by atoms with Crippen LogP contribution in [0.25, 0.3) is 11.1 Å². The first-order valence-electron chi connectivity index (χ1n) is 12.7. The van der Waals surface area contributed by atoms with Crippen molar-refractivity contribution in [1.29, 1.82) is 0 Å². The molecule has 2 aromatic carbocycles. The number of benzene rings is 2. The Morgan fingerprint density at radius 3 is 2.10 bits per heavy atom. The molecule has 1 aliphatic rings. The zero-order valence-electron chi connectivity index (χ0n) is 19.7. The number of ether oxygens (including phenoxy) is 1. The molecule has 0 bridgehead atoms. The van der Waals surface area contributed by atoms with Gasteiger partial charge in [0.2, 0.25) is 0 Å². The highest BCUT2D eigenvalue weighted by Gasteiger charge is 2.25. The topological polar surface area (TPSA) is 9.23 Å². The van der Waals surface area contributed by atoms with E-state index in [0.29, 0.717) is 0 Å². The summed E-state index contributed by atoms with van der Waals surface area (Å²) in [5.74, 6) is 1.17. The van der Waals surface area contributed by atoms with Crippen LogP contribution in [-0.4, -0.2) is 6.61 Å². The van der Waals surface area contributed by atoms with Gasteiger partial charge in [-0.3, -0.25) is 0 Å². The second kappa shape index (κ2) is 12.2. The molecule has 0 radical (unpaired) electrons. The van der Waals surface area contributed by atoms with Gasteiger partial charge in [-0.15, -0.1) is 0 Å². The smallest absolute Gasteiger partial charge is 0.123 e. The first-order valence-corrected chi connectivity index (χ1v) is 12.7. The molecular formula is C29H42O. The molecule has 0 spiro atoms. The van der Waals surface area contributed by atoms with E-state index in [1.165, 1.54) is 98.6 Å². The molecular weight excluding hydrogens is 364 g/mol. The fourth-order valence-corrected chi connectivity index (χ4v) is 4.99. The van der Waals surface area contributed by atoms with E-state index >= 15 is 0 Å². The van der Waals surface area contributed by atoms with E-state index in [2.05, 4.69) is 51.1 Å². The molecule has 0 atom stereocenters. The number of fused-ring (bicyclic) bond motifs is 3. The fourth-order valence-electron chi connectivity index (χ4n) is 4.99. The molecule has 0 heterocycles. The van der Waals surface area contributed by atoms with Crippen molar-refractivity contribution >= 4 is 0 Å². The Morgan fingerprint density at radius 1 is 0.700 bits per heavy atom. The van der Waals surface area contributed by atoms with Crippen LogP contribution in [-0.2, 0) is 19.3 Å². The van der Waals surface area contributed by atoms with E-state index in [0.717, 1.165) is 19.4 Å². The van der Waals surface area contributed by atoms with Crippen LogP contribution in [0.3, 0.4) is 0 Å². The van der Waals surface area contributed by atoms with Crippen molar-refractivity contribution in [3.8, 4) is 16.9 Å². The van der Waals surface area contributed by atoms with Crippen LogP contribution in [0.1, 0.15) is 107 Å². The Bertz CT molecular complexity index is 789. The third-order valence-electron chi connectivity index (χ3n) is 6.56. The molecule has 3 rings (SSSR count). The molecule has 1 aliphatic carbocycles. The molecule has 0 saturated heterocycles. The van der Waals surface area contributed by atoms with E-state index in [1.54, 1.807) is 11.1 Å². The highest BCUT2D eigenvalue weighted by molar-refractivity contribution is 5.80. The maximum Gasteiger partial charge on any atom is 0.123 e. The van der Waals surface area contributed by atoms with Gasteiger partial charge in [-0.25, -0.2) is 0 Å². The minimum atomic E-state index is 0.859. The third kappa shape index (κ3) is 5.68. The second-order valence-corrected chi connectivity index (χ2v) is 9.02. The number of hydrogen-bond acceptors (Lipinski definition) is 1. The Kier molecular flexibility index (Phi) is 9.30. The monoisotopic (exact) mass is 406 g/mol. The maximum absolute atomic E-state index is 6.46. The van der Waals surface area contributed by atoms with Gasteiger partial charge < -0.3 is 4.74 Å². The zero-order valence-corrected chi connectivity index (χ0v) is 19.7. The van der Waals surface area contributed by atoms with E-state index in [-0.39, 0.29) is 0 Å². The molecule has 0 unspecified atom stereocenters. The summed E-state index contributed by atoms with van der Waals surface area (Å²) in [6.07, 6.45) is 16.5. The molecule has 1 heteroatoms. The van der Waals surface area contributed by atoms with E-state index in [4.69, 9.17) is 4.74 Å². The van der Waals surface area contributed by atoms with Gasteiger partial charge in [0.05, 0.1) is 6.61 Å². The van der Waals surface area contributed by atoms with Crippen LogP contribution in [0, 0.1) is 0 Å². The molecule has 2 aromatic rings. The van der Waals surface area contributed by atoms with E-state index in [9.17, 15) is 0 Å². The Balaban J connectivity index is 1.68. The molecule has 0 aromatic heterocycles. The highest BCUT2D eigenvalue weighted by Crippen LogP contribution is 2.43. The fraction of sp³-hybridized carbons (Fsp3) is 0.586. The average molecular weight is 407 g/mol. The van der Waals surface area contributed by atoms with Gasteiger partial charge in [-0.05, 0) is 65.1 Å². The first kappa shape index (κ1) is 22.9. The molecule has 0 saturated carbocycles. The lowest BCUT2D eigenvalue weighted by molar-refractivity contribution is 0.301. The van der Waals surface area contributed by atoms with Gasteiger partial charge in [0.15, 0.2) is 0 Å². The van der Waals surface area contributed by atoms with Gasteiger partial charge in [-0.1, -0.05) is 103 Å². The van der Waals surface area contributed by atoms with Crippen molar-refractivity contribution < 1.29 is 4.74 Å². The highest BCUT2D eigenvalue weighted by atomic mass is 16.5. The number of hydrogen-bond donors (Lipinski definition) is 0. The van der Waals surface area contributed by atoms with Gasteiger partial charge in [0.1, 0.15) is 5.75 Å². The van der Waals surface area contributed by atoms with E-state index in [1.807, 2.05) is 0 Å². The van der Waals surface area contributed by atoms with Gasteiger partial charge in [-0.2, -0.15) is 0 Å². The molecule has 0 amide bonds.